The molecule has 1 saturated carbocycles. The second-order valence-electron chi connectivity index (χ2n) is 12.0. The van der Waals surface area contributed by atoms with E-state index < -0.39 is 76.0 Å². The molecule has 2 amide bonds. The minimum Gasteiger partial charge on any atom is -0.508 e. The van der Waals surface area contributed by atoms with Crippen LogP contribution in [0.2, 0.25) is 0 Å². The van der Waals surface area contributed by atoms with Gasteiger partial charge >= 0.3 is 5.97 Å². The van der Waals surface area contributed by atoms with Gasteiger partial charge < -0.3 is 36.2 Å². The predicted molar refractivity (Wildman–Crippen MR) is 163 cm³/mol. The average molecular weight is 634 g/mol. The van der Waals surface area contributed by atoms with Crippen LogP contribution in [0.5, 0.6) is 5.75 Å². The van der Waals surface area contributed by atoms with Crippen LogP contribution in [0.3, 0.4) is 0 Å². The van der Waals surface area contributed by atoms with Crippen LogP contribution in [0.4, 0.5) is 0 Å². The van der Waals surface area contributed by atoms with E-state index in [1.165, 1.54) is 32.2 Å². The Morgan fingerprint density at radius 2 is 1.83 bits per heavy atom. The summed E-state index contributed by atoms with van der Waals surface area (Å²) in [5.74, 6) is -8.46. The minimum atomic E-state index is -2.74. The molecule has 1 unspecified atom stereocenters. The fraction of sp³-hybridized carbons (Fsp3) is 0.364. The van der Waals surface area contributed by atoms with Crippen molar-refractivity contribution in [3.05, 3.63) is 70.0 Å². The summed E-state index contributed by atoms with van der Waals surface area (Å²) in [7, 11) is 4.28. The van der Waals surface area contributed by atoms with Crippen LogP contribution < -0.4 is 11.1 Å². The third-order valence-corrected chi connectivity index (χ3v) is 9.24. The Kier molecular flexibility index (Phi) is 8.26. The van der Waals surface area contributed by atoms with Crippen LogP contribution in [0.25, 0.3) is 16.9 Å². The fourth-order valence-electron chi connectivity index (χ4n) is 7.05. The lowest BCUT2D eigenvalue weighted by atomic mass is 9.57. The maximum atomic E-state index is 14.1. The molecule has 0 aromatic heterocycles. The van der Waals surface area contributed by atoms with E-state index in [9.17, 15) is 44.4 Å². The molecule has 5 atom stereocenters. The smallest absolute Gasteiger partial charge is 0.328 e. The summed E-state index contributed by atoms with van der Waals surface area (Å²) >= 11 is 0. The lowest BCUT2D eigenvalue weighted by molar-refractivity contribution is -0.153. The lowest BCUT2D eigenvalue weighted by Gasteiger charge is -2.50. The van der Waals surface area contributed by atoms with Gasteiger partial charge in [0.15, 0.2) is 11.4 Å². The molecule has 0 heterocycles. The van der Waals surface area contributed by atoms with Crippen LogP contribution in [-0.4, -0.2) is 93.6 Å². The summed E-state index contributed by atoms with van der Waals surface area (Å²) in [6.07, 6.45) is 0.329. The number of methoxy groups -OCH3 is 1. The van der Waals surface area contributed by atoms with Crippen molar-refractivity contribution in [1.82, 2.24) is 10.2 Å². The summed E-state index contributed by atoms with van der Waals surface area (Å²) in [6, 6.07) is 7.38. The number of phenolic OH excluding ortho intramolecular Hbond substituents is 1. The first-order valence-electron chi connectivity index (χ1n) is 14.7. The molecule has 2 aromatic carbocycles. The van der Waals surface area contributed by atoms with Crippen molar-refractivity contribution < 1.29 is 49.1 Å². The number of ketones is 2. The molecule has 0 spiro atoms. The largest absolute Gasteiger partial charge is 0.508 e. The topological polar surface area (TPSA) is 217 Å². The zero-order valence-electron chi connectivity index (χ0n) is 25.7. The number of fused-ring (bicyclic) bond motifs is 3. The predicted octanol–water partition coefficient (Wildman–Crippen LogP) is 1.31. The SMILES string of the molecule is CCC(NC(=O)c1cccc(-c2ccc(O)c3c2C[C@H]2C[C@H]4[C@H](N(C)C)C(=O)C(C(N)=O)=C(O)[C@@]4(O)C(=O)C2=C3O)c1)C(=O)OC. The van der Waals surface area contributed by atoms with Gasteiger partial charge in [-0.25, -0.2) is 4.79 Å². The van der Waals surface area contributed by atoms with Crippen LogP contribution in [0.1, 0.15) is 41.3 Å². The highest BCUT2D eigenvalue weighted by atomic mass is 16.5. The van der Waals surface area contributed by atoms with Gasteiger partial charge in [-0.15, -0.1) is 0 Å². The molecule has 46 heavy (non-hydrogen) atoms. The number of carbonyl (C=O) groups excluding carboxylic acids is 5. The summed E-state index contributed by atoms with van der Waals surface area (Å²) < 4.78 is 4.75. The second kappa shape index (κ2) is 11.7. The number of carbonyl (C=O) groups is 5. The molecule has 5 rings (SSSR count). The van der Waals surface area contributed by atoms with Gasteiger partial charge in [-0.3, -0.25) is 24.1 Å². The molecule has 0 aliphatic heterocycles. The second-order valence-corrected chi connectivity index (χ2v) is 12.0. The molecule has 0 saturated heterocycles. The zero-order valence-corrected chi connectivity index (χ0v) is 25.7. The Morgan fingerprint density at radius 1 is 1.13 bits per heavy atom. The van der Waals surface area contributed by atoms with Gasteiger partial charge in [-0.2, -0.15) is 0 Å². The maximum Gasteiger partial charge on any atom is 0.328 e. The number of Topliss-reactive ketones (excluding diaryl/α,β-unsaturated/α-hetero) is 2. The molecule has 3 aliphatic rings. The van der Waals surface area contributed by atoms with E-state index in [2.05, 4.69) is 5.32 Å². The first-order chi connectivity index (χ1) is 21.7. The van der Waals surface area contributed by atoms with Crippen molar-refractivity contribution in [3.8, 4) is 16.9 Å². The average Bonchev–Trinajstić information content (AvgIpc) is 3.01. The van der Waals surface area contributed by atoms with Crippen LogP contribution in [0.15, 0.2) is 53.3 Å². The Balaban J connectivity index is 1.62. The van der Waals surface area contributed by atoms with Gasteiger partial charge in [0.1, 0.15) is 28.9 Å². The van der Waals surface area contributed by atoms with Crippen molar-refractivity contribution in [2.24, 2.45) is 17.6 Å². The van der Waals surface area contributed by atoms with Gasteiger partial charge in [-0.05, 0) is 74.2 Å². The van der Waals surface area contributed by atoms with E-state index in [1.807, 2.05) is 0 Å². The molecule has 2 aromatic rings. The van der Waals surface area contributed by atoms with Gasteiger partial charge in [0.25, 0.3) is 11.8 Å². The molecular formula is C33H35N3O10. The zero-order chi connectivity index (χ0) is 33.8. The first-order valence-corrected chi connectivity index (χ1v) is 14.7. The van der Waals surface area contributed by atoms with Crippen molar-refractivity contribution >= 4 is 35.1 Å². The lowest BCUT2D eigenvalue weighted by Crippen LogP contribution is -2.65. The first kappa shape index (κ1) is 32.4. The number of amides is 2. The normalized spacial score (nSPS) is 24.6. The Hall–Kier alpha value is -5.01. The highest BCUT2D eigenvalue weighted by molar-refractivity contribution is 6.24. The molecule has 0 radical (unpaired) electrons. The van der Waals surface area contributed by atoms with E-state index in [4.69, 9.17) is 10.5 Å². The van der Waals surface area contributed by atoms with Crippen molar-refractivity contribution in [2.75, 3.05) is 21.2 Å². The molecule has 13 heteroatoms. The number of benzene rings is 2. The summed E-state index contributed by atoms with van der Waals surface area (Å²) in [4.78, 5) is 66.1. The van der Waals surface area contributed by atoms with E-state index >= 15 is 0 Å². The fourth-order valence-corrected chi connectivity index (χ4v) is 7.05. The number of nitrogens with zero attached hydrogens (tertiary/aromatic N) is 1. The Bertz CT molecular complexity index is 1760. The number of primary amides is 1. The highest BCUT2D eigenvalue weighted by Crippen LogP contribution is 2.53. The molecule has 242 valence electrons. The highest BCUT2D eigenvalue weighted by Gasteiger charge is 2.64. The number of phenols is 1. The van der Waals surface area contributed by atoms with Crippen LogP contribution in [0, 0.1) is 11.8 Å². The Labute approximate surface area is 264 Å². The number of esters is 1. The number of ether oxygens (including phenoxy) is 1. The van der Waals surface area contributed by atoms with E-state index in [1.54, 1.807) is 37.3 Å². The van der Waals surface area contributed by atoms with E-state index in [0.29, 0.717) is 23.1 Å². The van der Waals surface area contributed by atoms with Crippen LogP contribution >= 0.6 is 0 Å². The molecule has 7 N–H and O–H groups in total. The van der Waals surface area contributed by atoms with Crippen molar-refractivity contribution in [3.63, 3.8) is 0 Å². The van der Waals surface area contributed by atoms with E-state index in [-0.39, 0.29) is 35.3 Å². The summed E-state index contributed by atoms with van der Waals surface area (Å²) in [5, 5.41) is 47.8. The third kappa shape index (κ3) is 4.83. The van der Waals surface area contributed by atoms with Crippen LogP contribution in [-0.2, 0) is 30.3 Å². The number of nitrogens with two attached hydrogens (primary N) is 1. The molecule has 0 bridgehead atoms. The van der Waals surface area contributed by atoms with Crippen molar-refractivity contribution in [2.45, 2.75) is 43.9 Å². The van der Waals surface area contributed by atoms with Gasteiger partial charge in [0.2, 0.25) is 5.78 Å². The monoisotopic (exact) mass is 633 g/mol. The number of nitrogens with one attached hydrogen (secondary N) is 1. The van der Waals surface area contributed by atoms with Gasteiger partial charge in [0.05, 0.1) is 18.7 Å². The molecule has 1 fully saturated rings. The standard InChI is InChI=1S/C33H35N3O10/c1-5-20(32(44)46-4)35-31(43)15-8-6-7-14(11-15)17-9-10-21(37)23-18(17)12-16-13-19-25(36(2)3)27(39)24(30(34)42)29(41)33(19,45)28(40)22(16)26(23)38/h6-11,16,19-20,25,37-38,41,45H,5,12-13H2,1-4H3,(H2,34,42)(H,35,43)/t16-,19-,20?,25-,33-/m0/s1. The number of hydrogen-bond acceptors (Lipinski definition) is 11. The third-order valence-electron chi connectivity index (χ3n) is 9.24. The summed E-state index contributed by atoms with van der Waals surface area (Å²) in [6.45, 7) is 1.73. The molecule has 3 aliphatic carbocycles. The quantitative estimate of drug-likeness (QED) is 0.189. The van der Waals surface area contributed by atoms with Gasteiger partial charge in [-0.1, -0.05) is 25.1 Å². The number of hydrogen-bond donors (Lipinski definition) is 6. The number of aliphatic hydroxyl groups excluding tert-OH is 2. The minimum absolute atomic E-state index is 0.0603. The van der Waals surface area contributed by atoms with E-state index in [0.717, 1.165) is 0 Å². The number of aromatic hydroxyl groups is 1. The molecule has 13 nitrogen and oxygen atoms in total. The Morgan fingerprint density at radius 3 is 2.43 bits per heavy atom. The number of aliphatic hydroxyl groups is 3. The maximum absolute atomic E-state index is 14.1. The van der Waals surface area contributed by atoms with Crippen molar-refractivity contribution in [1.29, 1.82) is 0 Å². The number of likely N-dealkylation sites (N-methyl/N-ethyl adjacent to an activating group) is 1. The summed E-state index contributed by atoms with van der Waals surface area (Å²) in [5.41, 5.74) is 3.17. The number of rotatable bonds is 7. The molecular weight excluding hydrogens is 598 g/mol. The van der Waals surface area contributed by atoms with Gasteiger partial charge in [0, 0.05) is 17.1 Å².